The number of fused-ring (bicyclic) bond motifs is 3. The summed E-state index contributed by atoms with van der Waals surface area (Å²) < 4.78 is 30.2. The van der Waals surface area contributed by atoms with Gasteiger partial charge in [0.1, 0.15) is 22.3 Å². The number of benzene rings is 1. The van der Waals surface area contributed by atoms with Crippen molar-refractivity contribution >= 4 is 34.3 Å². The van der Waals surface area contributed by atoms with Gasteiger partial charge in [0.05, 0.1) is 0 Å². The van der Waals surface area contributed by atoms with Crippen LogP contribution in [0.15, 0.2) is 18.3 Å². The standard InChI is InChI=1S/C16H18O8/c1-15(2,3)19-13(17)7-8(14(18)20-16(4,5)6)10-12(24-22-10)11-9(7)21-23-11/h1-6H3. The molecule has 0 unspecified atom stereocenters. The van der Waals surface area contributed by atoms with Crippen LogP contribution >= 0.6 is 0 Å². The summed E-state index contributed by atoms with van der Waals surface area (Å²) in [5, 5.41) is 0. The highest BCUT2D eigenvalue weighted by molar-refractivity contribution is 6.19. The second kappa shape index (κ2) is 4.93. The number of esters is 2. The van der Waals surface area contributed by atoms with Gasteiger partial charge in [0.2, 0.25) is 11.2 Å². The quantitative estimate of drug-likeness (QED) is 0.503. The van der Waals surface area contributed by atoms with Gasteiger partial charge < -0.3 is 9.47 Å². The van der Waals surface area contributed by atoms with E-state index in [9.17, 15) is 9.59 Å². The Balaban J connectivity index is 2.17. The van der Waals surface area contributed by atoms with E-state index in [0.717, 1.165) is 0 Å². The van der Waals surface area contributed by atoms with Crippen LogP contribution in [0.25, 0.3) is 22.3 Å². The van der Waals surface area contributed by atoms with Crippen molar-refractivity contribution in [3.8, 4) is 0 Å². The Bertz CT molecular complexity index is 839. The molecule has 0 saturated heterocycles. The molecule has 0 aliphatic rings. The molecule has 1 aromatic carbocycles. The summed E-state index contributed by atoms with van der Waals surface area (Å²) in [5.74, 6) is -1.50. The average molecular weight is 338 g/mol. The first-order valence-electron chi connectivity index (χ1n) is 7.37. The van der Waals surface area contributed by atoms with Crippen molar-refractivity contribution in [2.24, 2.45) is 0 Å². The van der Waals surface area contributed by atoms with Crippen molar-refractivity contribution in [2.45, 2.75) is 52.7 Å². The summed E-state index contributed by atoms with van der Waals surface area (Å²) in [7, 11) is 0. The van der Waals surface area contributed by atoms with Gasteiger partial charge in [0, 0.05) is 0 Å². The van der Waals surface area contributed by atoms with Crippen molar-refractivity contribution in [1.82, 2.24) is 0 Å². The maximum Gasteiger partial charge on any atom is 0.343 e. The fraction of sp³-hybridized carbons (Fsp3) is 0.500. The molecule has 0 N–H and O–H groups in total. The zero-order valence-corrected chi connectivity index (χ0v) is 14.3. The van der Waals surface area contributed by atoms with Gasteiger partial charge >= 0.3 is 11.9 Å². The largest absolute Gasteiger partial charge is 0.456 e. The first kappa shape index (κ1) is 16.2. The van der Waals surface area contributed by atoms with E-state index < -0.39 is 23.1 Å². The third-order valence-corrected chi connectivity index (χ3v) is 2.95. The second-order valence-corrected chi connectivity index (χ2v) is 7.40. The zero-order valence-electron chi connectivity index (χ0n) is 14.3. The van der Waals surface area contributed by atoms with Gasteiger partial charge in [-0.2, -0.15) is 0 Å². The Kier molecular flexibility index (Phi) is 3.33. The van der Waals surface area contributed by atoms with Crippen LogP contribution in [0.3, 0.4) is 0 Å². The molecule has 2 aromatic heterocycles. The van der Waals surface area contributed by atoms with Crippen molar-refractivity contribution in [3.63, 3.8) is 0 Å². The van der Waals surface area contributed by atoms with E-state index in [2.05, 4.69) is 0 Å². The molecule has 2 heterocycles. The van der Waals surface area contributed by atoms with E-state index in [4.69, 9.17) is 27.8 Å². The number of hydrogen-bond donors (Lipinski definition) is 0. The van der Waals surface area contributed by atoms with Crippen molar-refractivity contribution in [2.75, 3.05) is 0 Å². The summed E-state index contributed by atoms with van der Waals surface area (Å²) in [6, 6.07) is 0. The van der Waals surface area contributed by atoms with Crippen molar-refractivity contribution in [3.05, 3.63) is 11.1 Å². The van der Waals surface area contributed by atoms with Crippen LogP contribution in [0.1, 0.15) is 62.3 Å². The maximum atomic E-state index is 12.6. The third kappa shape index (κ3) is 2.68. The predicted octanol–water partition coefficient (Wildman–Crippen LogP) is 4.28. The maximum absolute atomic E-state index is 12.6. The molecule has 0 aliphatic heterocycles. The Morgan fingerprint density at radius 2 is 0.917 bits per heavy atom. The fourth-order valence-electron chi connectivity index (χ4n) is 2.12. The molecule has 24 heavy (non-hydrogen) atoms. The summed E-state index contributed by atoms with van der Waals surface area (Å²) in [6.07, 6.45) is 0. The first-order valence-corrected chi connectivity index (χ1v) is 7.37. The molecule has 3 aromatic rings. The monoisotopic (exact) mass is 338 g/mol. The first-order chi connectivity index (χ1) is 11.0. The third-order valence-electron chi connectivity index (χ3n) is 2.95. The summed E-state index contributed by atoms with van der Waals surface area (Å²) in [4.78, 5) is 25.2. The highest BCUT2D eigenvalue weighted by Gasteiger charge is 2.38. The number of hydrogen-bond acceptors (Lipinski definition) is 8. The Hall–Kier alpha value is -2.64. The smallest absolute Gasteiger partial charge is 0.343 e. The Labute approximate surface area is 136 Å². The molecular weight excluding hydrogens is 320 g/mol. The van der Waals surface area contributed by atoms with Crippen LogP contribution in [-0.4, -0.2) is 23.1 Å². The fourth-order valence-corrected chi connectivity index (χ4v) is 2.12. The van der Waals surface area contributed by atoms with E-state index in [0.29, 0.717) is 0 Å². The zero-order chi connectivity index (χ0) is 17.9. The van der Waals surface area contributed by atoms with Crippen LogP contribution in [0.2, 0.25) is 0 Å². The minimum atomic E-state index is -0.764. The number of carbonyl (C=O) groups is 2. The van der Waals surface area contributed by atoms with Crippen LogP contribution < -0.4 is 0 Å². The molecule has 0 radical (unpaired) electrons. The van der Waals surface area contributed by atoms with E-state index in [1.807, 2.05) is 0 Å². The van der Waals surface area contributed by atoms with Crippen molar-refractivity contribution in [1.29, 1.82) is 0 Å². The number of carbonyl (C=O) groups excluding carboxylic acids is 2. The Morgan fingerprint density at radius 1 is 0.625 bits per heavy atom. The summed E-state index contributed by atoms with van der Waals surface area (Å²) in [5.41, 5.74) is -1.25. The number of ether oxygens (including phenoxy) is 2. The van der Waals surface area contributed by atoms with E-state index in [1.165, 1.54) is 0 Å². The molecular formula is C16H18O8. The highest BCUT2D eigenvalue weighted by atomic mass is 17.0. The van der Waals surface area contributed by atoms with Gasteiger partial charge in [0.15, 0.2) is 0 Å². The number of rotatable bonds is 2. The molecule has 0 spiro atoms. The van der Waals surface area contributed by atoms with Crippen LogP contribution in [0.5, 0.6) is 0 Å². The lowest BCUT2D eigenvalue weighted by molar-refractivity contribution is -0.00128. The highest BCUT2D eigenvalue weighted by Crippen LogP contribution is 2.39. The SMILES string of the molecule is CC(C)(C)OC(=O)c1c(C(=O)OC(C)(C)C)c2ooc2c2ooc12. The molecule has 0 atom stereocenters. The predicted molar refractivity (Wildman–Crippen MR) is 80.9 cm³/mol. The lowest BCUT2D eigenvalue weighted by atomic mass is 10.0. The summed E-state index contributed by atoms with van der Waals surface area (Å²) in [6.45, 7) is 10.3. The lowest BCUT2D eigenvalue weighted by Gasteiger charge is -2.23. The normalized spacial score (nSPS) is 12.9. The second-order valence-electron chi connectivity index (χ2n) is 7.40. The molecule has 8 heteroatoms. The van der Waals surface area contributed by atoms with Gasteiger partial charge in [-0.3, -0.25) is 18.3 Å². The van der Waals surface area contributed by atoms with Crippen LogP contribution in [-0.2, 0) is 9.47 Å². The van der Waals surface area contributed by atoms with Gasteiger partial charge in [0.25, 0.3) is 11.2 Å². The topological polar surface area (TPSA) is 105 Å². The molecule has 3 rings (SSSR count). The van der Waals surface area contributed by atoms with Gasteiger partial charge in [-0.05, 0) is 41.5 Å². The summed E-state index contributed by atoms with van der Waals surface area (Å²) >= 11 is 0. The molecule has 0 aliphatic carbocycles. The van der Waals surface area contributed by atoms with E-state index >= 15 is 0 Å². The van der Waals surface area contributed by atoms with Crippen LogP contribution in [0, 0.1) is 0 Å². The molecule has 130 valence electrons. The molecule has 0 fully saturated rings. The van der Waals surface area contributed by atoms with Crippen molar-refractivity contribution < 1.29 is 37.4 Å². The van der Waals surface area contributed by atoms with Gasteiger partial charge in [-0.15, -0.1) is 0 Å². The van der Waals surface area contributed by atoms with E-state index in [-0.39, 0.29) is 33.5 Å². The van der Waals surface area contributed by atoms with Crippen LogP contribution in [0.4, 0.5) is 0 Å². The van der Waals surface area contributed by atoms with Gasteiger partial charge in [-0.1, -0.05) is 0 Å². The molecule has 0 saturated carbocycles. The molecule has 0 amide bonds. The minimum Gasteiger partial charge on any atom is -0.456 e. The molecule has 0 bridgehead atoms. The molecule has 8 nitrogen and oxygen atoms in total. The average Bonchev–Trinajstić information content (AvgIpc) is 2.30. The Morgan fingerprint density at radius 3 is 1.12 bits per heavy atom. The van der Waals surface area contributed by atoms with E-state index in [1.54, 1.807) is 41.5 Å². The lowest BCUT2D eigenvalue weighted by Crippen LogP contribution is -2.28. The van der Waals surface area contributed by atoms with Gasteiger partial charge in [-0.25, -0.2) is 9.59 Å². The minimum absolute atomic E-state index is 0.0622.